The highest BCUT2D eigenvalue weighted by Crippen LogP contribution is 2.25. The molecule has 1 amide bonds. The molecule has 3 rings (SSSR count). The van der Waals surface area contributed by atoms with Crippen molar-refractivity contribution in [2.75, 3.05) is 24.1 Å². The number of carbonyl (C=O) groups is 1. The highest BCUT2D eigenvalue weighted by Gasteiger charge is 2.27. The van der Waals surface area contributed by atoms with Crippen molar-refractivity contribution in [2.45, 2.75) is 18.9 Å². The van der Waals surface area contributed by atoms with Gasteiger partial charge in [0.05, 0.1) is 6.42 Å². The number of likely N-dealkylation sites (tertiary alicyclic amines) is 1. The molecule has 0 radical (unpaired) electrons. The molecule has 0 spiro atoms. The van der Waals surface area contributed by atoms with Gasteiger partial charge in [-0.3, -0.25) is 4.79 Å². The summed E-state index contributed by atoms with van der Waals surface area (Å²) in [5.41, 5.74) is 6.70. The Hall–Kier alpha value is -2.34. The maximum Gasteiger partial charge on any atom is 0.227 e. The van der Waals surface area contributed by atoms with Gasteiger partial charge in [0.2, 0.25) is 5.91 Å². The molecule has 1 aromatic heterocycles. The standard InChI is InChI=1S/C16H18ClN5O/c17-14-15(18)19-10-20-16(14)21-12-6-7-22(9-12)13(23)8-11-4-2-1-3-5-11/h1-5,10,12H,6-9H2,(H3,18,19,20,21). The van der Waals surface area contributed by atoms with Crippen LogP contribution in [-0.4, -0.2) is 39.9 Å². The quantitative estimate of drug-likeness (QED) is 0.894. The predicted molar refractivity (Wildman–Crippen MR) is 90.2 cm³/mol. The van der Waals surface area contributed by atoms with E-state index < -0.39 is 0 Å². The van der Waals surface area contributed by atoms with Gasteiger partial charge in [-0.05, 0) is 12.0 Å². The van der Waals surface area contributed by atoms with Crippen LogP contribution >= 0.6 is 11.6 Å². The molecule has 1 aliphatic heterocycles. The van der Waals surface area contributed by atoms with Crippen LogP contribution in [0.1, 0.15) is 12.0 Å². The van der Waals surface area contributed by atoms with Crippen LogP contribution in [0.3, 0.4) is 0 Å². The molecular weight excluding hydrogens is 314 g/mol. The van der Waals surface area contributed by atoms with Gasteiger partial charge in [-0.2, -0.15) is 0 Å². The molecule has 6 nitrogen and oxygen atoms in total. The Labute approximate surface area is 139 Å². The van der Waals surface area contributed by atoms with Gasteiger partial charge in [0.25, 0.3) is 0 Å². The van der Waals surface area contributed by atoms with Crippen LogP contribution in [-0.2, 0) is 11.2 Å². The van der Waals surface area contributed by atoms with Gasteiger partial charge in [0.15, 0.2) is 5.82 Å². The van der Waals surface area contributed by atoms with Crippen molar-refractivity contribution < 1.29 is 4.79 Å². The smallest absolute Gasteiger partial charge is 0.227 e. The number of amides is 1. The molecule has 2 heterocycles. The average molecular weight is 332 g/mol. The van der Waals surface area contributed by atoms with E-state index in [1.807, 2.05) is 35.2 Å². The normalized spacial score (nSPS) is 17.3. The second-order valence-electron chi connectivity index (χ2n) is 5.55. The minimum Gasteiger partial charge on any atom is -0.382 e. The van der Waals surface area contributed by atoms with Crippen LogP contribution in [0, 0.1) is 0 Å². The van der Waals surface area contributed by atoms with E-state index in [-0.39, 0.29) is 17.8 Å². The largest absolute Gasteiger partial charge is 0.382 e. The van der Waals surface area contributed by atoms with E-state index in [0.29, 0.717) is 23.8 Å². The summed E-state index contributed by atoms with van der Waals surface area (Å²) < 4.78 is 0. The van der Waals surface area contributed by atoms with Crippen LogP contribution < -0.4 is 11.1 Å². The third-order valence-corrected chi connectivity index (χ3v) is 4.27. The Balaban J connectivity index is 1.58. The number of nitrogen functional groups attached to an aromatic ring is 1. The SMILES string of the molecule is Nc1ncnc(NC2CCN(C(=O)Cc3ccccc3)C2)c1Cl. The van der Waals surface area contributed by atoms with Crippen molar-refractivity contribution in [1.82, 2.24) is 14.9 Å². The fourth-order valence-electron chi connectivity index (χ4n) is 2.66. The van der Waals surface area contributed by atoms with Gasteiger partial charge < -0.3 is 16.0 Å². The van der Waals surface area contributed by atoms with Crippen molar-refractivity contribution in [3.8, 4) is 0 Å². The van der Waals surface area contributed by atoms with Gasteiger partial charge in [-0.25, -0.2) is 9.97 Å². The third-order valence-electron chi connectivity index (χ3n) is 3.90. The van der Waals surface area contributed by atoms with E-state index in [1.165, 1.54) is 6.33 Å². The lowest BCUT2D eigenvalue weighted by Crippen LogP contribution is -2.32. The maximum absolute atomic E-state index is 12.4. The number of halogens is 1. The minimum atomic E-state index is 0.113. The number of hydrogen-bond donors (Lipinski definition) is 2. The first-order valence-electron chi connectivity index (χ1n) is 7.47. The van der Waals surface area contributed by atoms with E-state index in [0.717, 1.165) is 18.5 Å². The summed E-state index contributed by atoms with van der Waals surface area (Å²) in [6, 6.07) is 9.87. The molecule has 2 aromatic rings. The van der Waals surface area contributed by atoms with Crippen molar-refractivity contribution in [3.63, 3.8) is 0 Å². The molecule has 7 heteroatoms. The number of benzene rings is 1. The first-order chi connectivity index (χ1) is 11.1. The number of aromatic nitrogens is 2. The zero-order chi connectivity index (χ0) is 16.2. The lowest BCUT2D eigenvalue weighted by Gasteiger charge is -2.18. The number of nitrogens with zero attached hydrogens (tertiary/aromatic N) is 3. The Morgan fingerprint density at radius 1 is 1.35 bits per heavy atom. The Morgan fingerprint density at radius 3 is 2.91 bits per heavy atom. The molecule has 120 valence electrons. The van der Waals surface area contributed by atoms with Crippen LogP contribution in [0.4, 0.5) is 11.6 Å². The van der Waals surface area contributed by atoms with Crippen LogP contribution in [0.25, 0.3) is 0 Å². The van der Waals surface area contributed by atoms with Gasteiger partial charge in [-0.1, -0.05) is 41.9 Å². The van der Waals surface area contributed by atoms with E-state index in [4.69, 9.17) is 17.3 Å². The van der Waals surface area contributed by atoms with Crippen LogP contribution in [0.15, 0.2) is 36.7 Å². The first-order valence-corrected chi connectivity index (χ1v) is 7.85. The molecule has 1 aliphatic rings. The summed E-state index contributed by atoms with van der Waals surface area (Å²) in [6.45, 7) is 1.35. The summed E-state index contributed by atoms with van der Waals surface area (Å²) in [5, 5.41) is 3.56. The van der Waals surface area contributed by atoms with Gasteiger partial charge in [0.1, 0.15) is 17.2 Å². The lowest BCUT2D eigenvalue weighted by atomic mass is 10.1. The third kappa shape index (κ3) is 3.71. The molecule has 1 fully saturated rings. The Bertz CT molecular complexity index is 694. The first kappa shape index (κ1) is 15.6. The zero-order valence-electron chi connectivity index (χ0n) is 12.6. The van der Waals surface area contributed by atoms with E-state index in [1.54, 1.807) is 0 Å². The van der Waals surface area contributed by atoms with E-state index in [2.05, 4.69) is 15.3 Å². The second kappa shape index (κ2) is 6.83. The van der Waals surface area contributed by atoms with Gasteiger partial charge in [-0.15, -0.1) is 0 Å². The average Bonchev–Trinajstić information content (AvgIpc) is 3.02. The Morgan fingerprint density at radius 2 is 2.13 bits per heavy atom. The van der Waals surface area contributed by atoms with Gasteiger partial charge >= 0.3 is 0 Å². The molecule has 0 aliphatic carbocycles. The summed E-state index contributed by atoms with van der Waals surface area (Å²) in [5.74, 6) is 0.898. The highest BCUT2D eigenvalue weighted by atomic mass is 35.5. The molecule has 0 saturated carbocycles. The van der Waals surface area contributed by atoms with Gasteiger partial charge in [0, 0.05) is 19.1 Å². The summed E-state index contributed by atoms with van der Waals surface area (Å²) >= 11 is 6.08. The number of anilines is 2. The van der Waals surface area contributed by atoms with Crippen LogP contribution in [0.5, 0.6) is 0 Å². The van der Waals surface area contributed by atoms with Crippen molar-refractivity contribution in [1.29, 1.82) is 0 Å². The summed E-state index contributed by atoms with van der Waals surface area (Å²) in [4.78, 5) is 22.2. The fraction of sp³-hybridized carbons (Fsp3) is 0.312. The molecule has 0 bridgehead atoms. The van der Waals surface area contributed by atoms with Crippen molar-refractivity contribution in [2.24, 2.45) is 0 Å². The van der Waals surface area contributed by atoms with Crippen molar-refractivity contribution >= 4 is 29.1 Å². The molecule has 1 atom stereocenters. The summed E-state index contributed by atoms with van der Waals surface area (Å²) in [7, 11) is 0. The Kier molecular flexibility index (Phi) is 4.62. The highest BCUT2D eigenvalue weighted by molar-refractivity contribution is 6.35. The summed E-state index contributed by atoms with van der Waals surface area (Å²) in [6.07, 6.45) is 2.65. The lowest BCUT2D eigenvalue weighted by molar-refractivity contribution is -0.129. The number of nitrogens with one attached hydrogen (secondary N) is 1. The monoisotopic (exact) mass is 331 g/mol. The number of nitrogens with two attached hydrogens (primary N) is 1. The fourth-order valence-corrected chi connectivity index (χ4v) is 2.82. The zero-order valence-corrected chi connectivity index (χ0v) is 13.3. The molecule has 1 unspecified atom stereocenters. The van der Waals surface area contributed by atoms with Crippen LogP contribution in [0.2, 0.25) is 5.02 Å². The van der Waals surface area contributed by atoms with E-state index in [9.17, 15) is 4.79 Å². The molecule has 1 saturated heterocycles. The maximum atomic E-state index is 12.4. The molecule has 3 N–H and O–H groups in total. The molecule has 23 heavy (non-hydrogen) atoms. The van der Waals surface area contributed by atoms with Crippen molar-refractivity contribution in [3.05, 3.63) is 47.2 Å². The number of carbonyl (C=O) groups excluding carboxylic acids is 1. The number of hydrogen-bond acceptors (Lipinski definition) is 5. The topological polar surface area (TPSA) is 84.1 Å². The second-order valence-corrected chi connectivity index (χ2v) is 5.93. The minimum absolute atomic E-state index is 0.113. The molecule has 1 aromatic carbocycles. The number of rotatable bonds is 4. The molecular formula is C16H18ClN5O. The van der Waals surface area contributed by atoms with E-state index >= 15 is 0 Å². The predicted octanol–water partition coefficient (Wildman–Crippen LogP) is 1.97.